The van der Waals surface area contributed by atoms with Crippen molar-refractivity contribution in [3.63, 3.8) is 0 Å². The van der Waals surface area contributed by atoms with E-state index in [2.05, 4.69) is 28.1 Å². The second-order valence-electron chi connectivity index (χ2n) is 12.3. The number of carbonyl (C=O) groups is 2. The lowest BCUT2D eigenvalue weighted by Gasteiger charge is -2.33. The number of aliphatic hydroxyl groups is 1. The summed E-state index contributed by atoms with van der Waals surface area (Å²) >= 11 is 0. The Bertz CT molecular complexity index is 1620. The van der Waals surface area contributed by atoms with Crippen LogP contribution in [0.5, 0.6) is 5.75 Å². The van der Waals surface area contributed by atoms with Crippen LogP contribution in [0.25, 0.3) is 33.5 Å². The molecule has 0 saturated carbocycles. The molecule has 1 aliphatic rings. The number of imidazole rings is 1. The Hall–Kier alpha value is -4.05. The third-order valence-corrected chi connectivity index (χ3v) is 7.68. The molecule has 224 valence electrons. The molecule has 0 aliphatic carbocycles. The van der Waals surface area contributed by atoms with Gasteiger partial charge in [-0.25, -0.2) is 9.78 Å². The van der Waals surface area contributed by atoms with Gasteiger partial charge < -0.3 is 33.9 Å². The average molecular weight is 576 g/mol. The van der Waals surface area contributed by atoms with Gasteiger partial charge in [0.25, 0.3) is 5.91 Å². The maximum Gasteiger partial charge on any atom is 0.407 e. The van der Waals surface area contributed by atoms with Crippen LogP contribution >= 0.6 is 0 Å². The molecule has 1 fully saturated rings. The number of aromatic nitrogens is 3. The minimum Gasteiger partial charge on any atom is -0.494 e. The summed E-state index contributed by atoms with van der Waals surface area (Å²) < 4.78 is 15.4. The number of aryl methyl sites for hydroxylation is 1. The number of amides is 2. The van der Waals surface area contributed by atoms with Crippen LogP contribution in [0.3, 0.4) is 0 Å². The molecule has 1 saturated heterocycles. The van der Waals surface area contributed by atoms with Crippen molar-refractivity contribution >= 4 is 33.9 Å². The molecule has 2 aromatic heterocycles. The lowest BCUT2D eigenvalue weighted by atomic mass is 10.0. The van der Waals surface area contributed by atoms with Crippen LogP contribution in [0.4, 0.5) is 4.79 Å². The van der Waals surface area contributed by atoms with Crippen molar-refractivity contribution in [2.45, 2.75) is 58.7 Å². The summed E-state index contributed by atoms with van der Waals surface area (Å²) in [4.78, 5) is 32.8. The highest BCUT2D eigenvalue weighted by atomic mass is 16.6. The van der Waals surface area contributed by atoms with Gasteiger partial charge in [-0.15, -0.1) is 0 Å². The molecule has 0 spiro atoms. The Labute approximate surface area is 246 Å². The van der Waals surface area contributed by atoms with E-state index in [0.717, 1.165) is 40.8 Å². The van der Waals surface area contributed by atoms with Crippen LogP contribution in [0.1, 0.15) is 50.9 Å². The maximum absolute atomic E-state index is 13.7. The van der Waals surface area contributed by atoms with Gasteiger partial charge in [0.05, 0.1) is 18.3 Å². The molecule has 2 amide bonds. The molecule has 2 N–H and O–H groups in total. The largest absolute Gasteiger partial charge is 0.494 e. The third-order valence-electron chi connectivity index (χ3n) is 7.68. The van der Waals surface area contributed by atoms with Gasteiger partial charge in [-0.1, -0.05) is 25.1 Å². The zero-order valence-electron chi connectivity index (χ0n) is 25.3. The van der Waals surface area contributed by atoms with Crippen LogP contribution in [0, 0.1) is 5.92 Å². The van der Waals surface area contributed by atoms with Crippen LogP contribution in [0.2, 0.25) is 0 Å². The third kappa shape index (κ3) is 5.94. The Balaban J connectivity index is 1.48. The molecule has 0 unspecified atom stereocenters. The SMILES string of the molecule is COc1cc(C(=O)N2CCC[C@@H](NC(=O)OC(C)(C)C)C2)cc2nc(-c3cc4ccccc4n3C[C@@H](C)CO)n(C)c12. The Morgan fingerprint density at radius 3 is 2.67 bits per heavy atom. The van der Waals surface area contributed by atoms with Gasteiger partial charge in [0.1, 0.15) is 16.9 Å². The number of para-hydroxylation sites is 1. The van der Waals surface area contributed by atoms with Gasteiger partial charge >= 0.3 is 6.09 Å². The lowest BCUT2D eigenvalue weighted by Crippen LogP contribution is -2.50. The maximum atomic E-state index is 13.7. The summed E-state index contributed by atoms with van der Waals surface area (Å²) in [6, 6.07) is 13.7. The zero-order chi connectivity index (χ0) is 30.2. The van der Waals surface area contributed by atoms with E-state index in [-0.39, 0.29) is 24.5 Å². The summed E-state index contributed by atoms with van der Waals surface area (Å²) in [7, 11) is 3.54. The molecular formula is C32H41N5O5. The second kappa shape index (κ2) is 11.7. The number of likely N-dealkylation sites (tertiary alicyclic amines) is 1. The summed E-state index contributed by atoms with van der Waals surface area (Å²) in [6.07, 6.45) is 1.07. The van der Waals surface area contributed by atoms with E-state index in [9.17, 15) is 14.7 Å². The second-order valence-corrected chi connectivity index (χ2v) is 12.3. The molecule has 4 aromatic rings. The number of rotatable bonds is 7. The first-order valence-electron chi connectivity index (χ1n) is 14.5. The topological polar surface area (TPSA) is 111 Å². The summed E-state index contributed by atoms with van der Waals surface area (Å²) in [6.45, 7) is 9.20. The summed E-state index contributed by atoms with van der Waals surface area (Å²) in [5, 5.41) is 13.8. The standard InChI is InChI=1S/C32H41N5O5/c1-20(19-38)17-37-25-12-8-7-10-21(25)15-26(37)29-34-24-14-22(16-27(41-6)28(24)35(29)5)30(39)36-13-9-11-23(18-36)33-31(40)42-32(2,3)4/h7-8,10,12,14-16,20,23,38H,9,11,13,17-19H2,1-6H3,(H,33,40)/t20-,23-/m1/s1. The van der Waals surface area contributed by atoms with Gasteiger partial charge in [0.2, 0.25) is 0 Å². The van der Waals surface area contributed by atoms with Crippen molar-refractivity contribution in [1.82, 2.24) is 24.3 Å². The fourth-order valence-corrected chi connectivity index (χ4v) is 5.72. The molecule has 5 rings (SSSR count). The minimum atomic E-state index is -0.590. The van der Waals surface area contributed by atoms with Crippen LogP contribution in [-0.2, 0) is 18.3 Å². The summed E-state index contributed by atoms with van der Waals surface area (Å²) in [5.41, 5.74) is 3.34. The van der Waals surface area contributed by atoms with E-state index in [0.29, 0.717) is 36.5 Å². The fourth-order valence-electron chi connectivity index (χ4n) is 5.72. The monoisotopic (exact) mass is 575 g/mol. The Morgan fingerprint density at radius 2 is 1.95 bits per heavy atom. The van der Waals surface area contributed by atoms with E-state index in [1.807, 2.05) is 57.5 Å². The average Bonchev–Trinajstić information content (AvgIpc) is 3.48. The van der Waals surface area contributed by atoms with E-state index in [4.69, 9.17) is 14.5 Å². The highest BCUT2D eigenvalue weighted by Crippen LogP contribution is 2.35. The number of aliphatic hydroxyl groups excluding tert-OH is 1. The molecule has 0 bridgehead atoms. The predicted molar refractivity (Wildman–Crippen MR) is 163 cm³/mol. The first-order chi connectivity index (χ1) is 20.0. The van der Waals surface area contributed by atoms with E-state index in [1.54, 1.807) is 18.1 Å². The first-order valence-corrected chi connectivity index (χ1v) is 14.5. The van der Waals surface area contributed by atoms with E-state index in [1.165, 1.54) is 0 Å². The molecule has 3 heterocycles. The van der Waals surface area contributed by atoms with Crippen molar-refractivity contribution in [1.29, 1.82) is 0 Å². The number of carbonyl (C=O) groups excluding carboxylic acids is 2. The normalized spacial score (nSPS) is 16.5. The van der Waals surface area contributed by atoms with Crippen LogP contribution < -0.4 is 10.1 Å². The van der Waals surface area contributed by atoms with Crippen molar-refractivity contribution < 1.29 is 24.2 Å². The number of hydrogen-bond donors (Lipinski definition) is 2. The molecule has 0 radical (unpaired) electrons. The van der Waals surface area contributed by atoms with Crippen molar-refractivity contribution in [3.05, 3.63) is 48.0 Å². The number of benzene rings is 2. The number of piperidine rings is 1. The van der Waals surface area contributed by atoms with Gasteiger partial charge in [-0.2, -0.15) is 0 Å². The Kier molecular flexibility index (Phi) is 8.19. The predicted octanol–water partition coefficient (Wildman–Crippen LogP) is 4.96. The highest BCUT2D eigenvalue weighted by molar-refractivity contribution is 6.00. The lowest BCUT2D eigenvalue weighted by molar-refractivity contribution is 0.0452. The number of hydrogen-bond acceptors (Lipinski definition) is 6. The van der Waals surface area contributed by atoms with E-state index < -0.39 is 11.7 Å². The number of methoxy groups -OCH3 is 1. The number of alkyl carbamates (subject to hydrolysis) is 1. The van der Waals surface area contributed by atoms with Gasteiger partial charge in [-0.05, 0) is 63.8 Å². The number of nitrogens with zero attached hydrogens (tertiary/aromatic N) is 4. The molecule has 10 heteroatoms. The molecule has 10 nitrogen and oxygen atoms in total. The van der Waals surface area contributed by atoms with Crippen molar-refractivity contribution in [2.75, 3.05) is 26.8 Å². The first kappa shape index (κ1) is 29.4. The highest BCUT2D eigenvalue weighted by Gasteiger charge is 2.29. The van der Waals surface area contributed by atoms with Gasteiger partial charge in [0.15, 0.2) is 5.82 Å². The number of fused-ring (bicyclic) bond motifs is 2. The Morgan fingerprint density at radius 1 is 1.19 bits per heavy atom. The van der Waals surface area contributed by atoms with Crippen molar-refractivity contribution in [2.24, 2.45) is 13.0 Å². The van der Waals surface area contributed by atoms with Crippen molar-refractivity contribution in [3.8, 4) is 17.3 Å². The molecule has 1 aliphatic heterocycles. The van der Waals surface area contributed by atoms with Gasteiger partial charge in [0, 0.05) is 55.8 Å². The van der Waals surface area contributed by atoms with Crippen LogP contribution in [-0.4, -0.2) is 74.6 Å². The number of ether oxygens (including phenoxy) is 2. The minimum absolute atomic E-state index is 0.0613. The molecular weight excluding hydrogens is 534 g/mol. The molecule has 2 aromatic carbocycles. The zero-order valence-corrected chi connectivity index (χ0v) is 25.3. The summed E-state index contributed by atoms with van der Waals surface area (Å²) in [5.74, 6) is 1.23. The number of nitrogens with one attached hydrogen (secondary N) is 1. The van der Waals surface area contributed by atoms with E-state index >= 15 is 0 Å². The molecule has 2 atom stereocenters. The van der Waals surface area contributed by atoms with Crippen LogP contribution in [0.15, 0.2) is 42.5 Å². The quantitative estimate of drug-likeness (QED) is 0.322. The fraction of sp³-hybridized carbons (Fsp3) is 0.469. The molecule has 42 heavy (non-hydrogen) atoms. The van der Waals surface area contributed by atoms with Gasteiger partial charge in [-0.3, -0.25) is 4.79 Å². The smallest absolute Gasteiger partial charge is 0.407 e.